The number of carbonyl (C=O) groups excluding carboxylic acids is 1. The van der Waals surface area contributed by atoms with E-state index in [1.54, 1.807) is 0 Å². The van der Waals surface area contributed by atoms with Crippen molar-refractivity contribution in [1.29, 1.82) is 0 Å². The molecule has 0 aromatic heterocycles. The van der Waals surface area contributed by atoms with Gasteiger partial charge in [0, 0.05) is 5.02 Å². The van der Waals surface area contributed by atoms with Crippen LogP contribution in [0.3, 0.4) is 0 Å². The summed E-state index contributed by atoms with van der Waals surface area (Å²) in [6, 6.07) is 6.95. The lowest BCUT2D eigenvalue weighted by Gasteiger charge is -2.17. The zero-order valence-electron chi connectivity index (χ0n) is 10.7. The minimum atomic E-state index is -0.422. The second kappa shape index (κ2) is 8.35. The van der Waals surface area contributed by atoms with Crippen LogP contribution in [0, 0.1) is 0 Å². The van der Waals surface area contributed by atoms with E-state index in [1.165, 1.54) is 0 Å². The van der Waals surface area contributed by atoms with Gasteiger partial charge in [0.2, 0.25) is 5.91 Å². The summed E-state index contributed by atoms with van der Waals surface area (Å²) in [6.07, 6.45) is 1.61. The summed E-state index contributed by atoms with van der Waals surface area (Å²) in [4.78, 5) is 11.7. The number of carbonyl (C=O) groups is 1. The van der Waals surface area contributed by atoms with Gasteiger partial charge in [-0.2, -0.15) is 0 Å². The van der Waals surface area contributed by atoms with Gasteiger partial charge in [0.15, 0.2) is 0 Å². The molecule has 0 saturated carbocycles. The standard InChI is InChI=1S/C13H19ClN2O.ClH/c1-3-4-12(15)13(17)16-9(2)10-5-7-11(14)8-6-10;/h5-9,12H,3-4,15H2,1-2H3,(H,16,17);1H. The van der Waals surface area contributed by atoms with Crippen molar-refractivity contribution in [1.82, 2.24) is 5.32 Å². The first-order chi connectivity index (χ1) is 8.04. The Kier molecular flexibility index (Phi) is 8.00. The lowest BCUT2D eigenvalue weighted by molar-refractivity contribution is -0.123. The van der Waals surface area contributed by atoms with Crippen LogP contribution in [0.4, 0.5) is 0 Å². The molecule has 0 fully saturated rings. The van der Waals surface area contributed by atoms with E-state index >= 15 is 0 Å². The predicted molar refractivity (Wildman–Crippen MR) is 78.1 cm³/mol. The number of amides is 1. The average Bonchev–Trinajstić information content (AvgIpc) is 2.30. The molecule has 2 unspecified atom stereocenters. The molecule has 2 atom stereocenters. The fourth-order valence-electron chi connectivity index (χ4n) is 1.60. The average molecular weight is 291 g/mol. The molecule has 0 aliphatic carbocycles. The molecule has 0 heterocycles. The van der Waals surface area contributed by atoms with E-state index in [2.05, 4.69) is 5.32 Å². The molecule has 0 radical (unpaired) electrons. The normalized spacial score (nSPS) is 13.3. The smallest absolute Gasteiger partial charge is 0.237 e. The Morgan fingerprint density at radius 2 is 1.94 bits per heavy atom. The van der Waals surface area contributed by atoms with Crippen molar-refractivity contribution in [3.05, 3.63) is 34.9 Å². The Morgan fingerprint density at radius 1 is 1.39 bits per heavy atom. The highest BCUT2D eigenvalue weighted by molar-refractivity contribution is 6.30. The molecule has 1 amide bonds. The maximum atomic E-state index is 11.7. The van der Waals surface area contributed by atoms with Crippen molar-refractivity contribution in [2.45, 2.75) is 38.8 Å². The lowest BCUT2D eigenvalue weighted by Crippen LogP contribution is -2.41. The number of hydrogen-bond acceptors (Lipinski definition) is 2. The topological polar surface area (TPSA) is 55.1 Å². The summed E-state index contributed by atoms with van der Waals surface area (Å²) < 4.78 is 0. The van der Waals surface area contributed by atoms with Crippen molar-refractivity contribution in [3.8, 4) is 0 Å². The quantitative estimate of drug-likeness (QED) is 0.876. The fourth-order valence-corrected chi connectivity index (χ4v) is 1.72. The fraction of sp³-hybridized carbons (Fsp3) is 0.462. The van der Waals surface area contributed by atoms with Crippen LogP contribution in [-0.2, 0) is 4.79 Å². The van der Waals surface area contributed by atoms with Gasteiger partial charge in [0.1, 0.15) is 0 Å². The third-order valence-electron chi connectivity index (χ3n) is 2.67. The van der Waals surface area contributed by atoms with Crippen LogP contribution in [-0.4, -0.2) is 11.9 Å². The Morgan fingerprint density at radius 3 is 2.44 bits per heavy atom. The molecule has 0 saturated heterocycles. The van der Waals surface area contributed by atoms with E-state index in [0.717, 1.165) is 12.0 Å². The molecule has 0 aliphatic rings. The highest BCUT2D eigenvalue weighted by atomic mass is 35.5. The van der Waals surface area contributed by atoms with Crippen LogP contribution in [0.25, 0.3) is 0 Å². The Bertz CT molecular complexity index is 368. The molecule has 3 nitrogen and oxygen atoms in total. The number of nitrogens with two attached hydrogens (primary N) is 1. The molecule has 0 aliphatic heterocycles. The monoisotopic (exact) mass is 290 g/mol. The third kappa shape index (κ3) is 5.25. The van der Waals surface area contributed by atoms with Crippen LogP contribution >= 0.6 is 24.0 Å². The van der Waals surface area contributed by atoms with Gasteiger partial charge in [-0.1, -0.05) is 37.1 Å². The number of hydrogen-bond donors (Lipinski definition) is 2. The van der Waals surface area contributed by atoms with Gasteiger partial charge in [0.05, 0.1) is 12.1 Å². The minimum absolute atomic E-state index is 0. The summed E-state index contributed by atoms with van der Waals surface area (Å²) in [5.41, 5.74) is 6.76. The maximum Gasteiger partial charge on any atom is 0.237 e. The molecule has 18 heavy (non-hydrogen) atoms. The first kappa shape index (κ1) is 17.2. The van der Waals surface area contributed by atoms with Gasteiger partial charge in [-0.05, 0) is 31.0 Å². The first-order valence-electron chi connectivity index (χ1n) is 5.86. The first-order valence-corrected chi connectivity index (χ1v) is 6.23. The van der Waals surface area contributed by atoms with Crippen molar-refractivity contribution in [3.63, 3.8) is 0 Å². The number of halogens is 2. The molecular weight excluding hydrogens is 271 g/mol. The highest BCUT2D eigenvalue weighted by Crippen LogP contribution is 2.16. The van der Waals surface area contributed by atoms with E-state index in [1.807, 2.05) is 38.1 Å². The molecule has 0 bridgehead atoms. The summed E-state index contributed by atoms with van der Waals surface area (Å²) >= 11 is 5.81. The second-order valence-corrected chi connectivity index (χ2v) is 4.61. The molecule has 1 aromatic rings. The summed E-state index contributed by atoms with van der Waals surface area (Å²) in [6.45, 7) is 3.94. The van der Waals surface area contributed by atoms with Gasteiger partial charge < -0.3 is 11.1 Å². The Balaban J connectivity index is 0.00000289. The van der Waals surface area contributed by atoms with Crippen LogP contribution in [0.2, 0.25) is 5.02 Å². The van der Waals surface area contributed by atoms with E-state index in [4.69, 9.17) is 17.3 Å². The highest BCUT2D eigenvalue weighted by Gasteiger charge is 2.15. The van der Waals surface area contributed by atoms with Crippen LogP contribution in [0.15, 0.2) is 24.3 Å². The van der Waals surface area contributed by atoms with Crippen LogP contribution in [0.5, 0.6) is 0 Å². The summed E-state index contributed by atoms with van der Waals surface area (Å²) in [7, 11) is 0. The summed E-state index contributed by atoms with van der Waals surface area (Å²) in [5.74, 6) is -0.102. The Hall–Kier alpha value is -0.770. The van der Waals surface area contributed by atoms with Gasteiger partial charge in [0.25, 0.3) is 0 Å². The van der Waals surface area contributed by atoms with Gasteiger partial charge in [-0.15, -0.1) is 12.4 Å². The van der Waals surface area contributed by atoms with Gasteiger partial charge >= 0.3 is 0 Å². The van der Waals surface area contributed by atoms with Crippen molar-refractivity contribution in [2.75, 3.05) is 0 Å². The van der Waals surface area contributed by atoms with Crippen molar-refractivity contribution in [2.24, 2.45) is 5.73 Å². The summed E-state index contributed by atoms with van der Waals surface area (Å²) in [5, 5.41) is 3.58. The molecule has 102 valence electrons. The van der Waals surface area contributed by atoms with Crippen molar-refractivity contribution >= 4 is 29.9 Å². The second-order valence-electron chi connectivity index (χ2n) is 4.18. The third-order valence-corrected chi connectivity index (χ3v) is 2.92. The molecule has 5 heteroatoms. The van der Waals surface area contributed by atoms with Gasteiger partial charge in [-0.3, -0.25) is 4.79 Å². The van der Waals surface area contributed by atoms with Crippen LogP contribution in [0.1, 0.15) is 38.3 Å². The van der Waals surface area contributed by atoms with Crippen LogP contribution < -0.4 is 11.1 Å². The zero-order chi connectivity index (χ0) is 12.8. The SMILES string of the molecule is CCCC(N)C(=O)NC(C)c1ccc(Cl)cc1.Cl. The number of rotatable bonds is 5. The van der Waals surface area contributed by atoms with E-state index in [9.17, 15) is 4.79 Å². The molecule has 1 rings (SSSR count). The molecular formula is C13H20Cl2N2O. The molecule has 1 aromatic carbocycles. The number of benzene rings is 1. The zero-order valence-corrected chi connectivity index (χ0v) is 12.2. The molecule has 3 N–H and O–H groups in total. The van der Waals surface area contributed by atoms with E-state index < -0.39 is 6.04 Å². The maximum absolute atomic E-state index is 11.7. The molecule has 0 spiro atoms. The largest absolute Gasteiger partial charge is 0.348 e. The van der Waals surface area contributed by atoms with Gasteiger partial charge in [-0.25, -0.2) is 0 Å². The van der Waals surface area contributed by atoms with E-state index in [-0.39, 0.29) is 24.4 Å². The minimum Gasteiger partial charge on any atom is -0.348 e. The number of nitrogens with one attached hydrogen (secondary N) is 1. The lowest BCUT2D eigenvalue weighted by atomic mass is 10.1. The van der Waals surface area contributed by atoms with Crippen molar-refractivity contribution < 1.29 is 4.79 Å². The van der Waals surface area contributed by atoms with E-state index in [0.29, 0.717) is 11.4 Å². The Labute approximate surface area is 119 Å². The predicted octanol–water partition coefficient (Wildman–Crippen LogP) is 3.07.